The first kappa shape index (κ1) is 14.8. The molecule has 1 aliphatic heterocycles. The first-order valence-corrected chi connectivity index (χ1v) is 7.60. The number of nitrogen functional groups attached to an aromatic ring is 1. The molecule has 124 valence electrons. The number of hydrogen-bond acceptors (Lipinski definition) is 8. The number of nitrogens with two attached hydrogens (primary N) is 1. The number of aliphatic hydroxyl groups is 3. The molecule has 1 saturated heterocycles. The van der Waals surface area contributed by atoms with Crippen molar-refractivity contribution >= 4 is 17.1 Å². The van der Waals surface area contributed by atoms with Crippen LogP contribution in [0.4, 0.5) is 5.95 Å². The Morgan fingerprint density at radius 1 is 1.43 bits per heavy atom. The molecule has 3 unspecified atom stereocenters. The fraction of sp³-hybridized carbons (Fsp3) is 0.643. The zero-order chi connectivity index (χ0) is 16.4. The van der Waals surface area contributed by atoms with Crippen molar-refractivity contribution in [3.05, 3.63) is 12.0 Å². The van der Waals surface area contributed by atoms with Gasteiger partial charge in [0.2, 0.25) is 5.95 Å². The Hall–Kier alpha value is -1.81. The first-order chi connectivity index (χ1) is 10.9. The van der Waals surface area contributed by atoms with E-state index in [0.717, 1.165) is 18.5 Å². The largest absolute Gasteiger partial charge is 0.394 e. The van der Waals surface area contributed by atoms with Gasteiger partial charge in [-0.25, -0.2) is 9.97 Å². The van der Waals surface area contributed by atoms with E-state index < -0.39 is 30.6 Å². The number of imidazole rings is 1. The number of hydrogen-bond donors (Lipinski definition) is 4. The highest BCUT2D eigenvalue weighted by molar-refractivity contribution is 5.76. The third-order valence-electron chi connectivity index (χ3n) is 4.62. The summed E-state index contributed by atoms with van der Waals surface area (Å²) in [6, 6.07) is 0. The zero-order valence-electron chi connectivity index (χ0n) is 12.6. The van der Waals surface area contributed by atoms with E-state index >= 15 is 0 Å². The highest BCUT2D eigenvalue weighted by atomic mass is 16.6. The van der Waals surface area contributed by atoms with Gasteiger partial charge in [-0.1, -0.05) is 0 Å². The van der Waals surface area contributed by atoms with E-state index in [1.165, 1.54) is 17.8 Å². The maximum absolute atomic E-state index is 10.6. The normalized spacial score (nSPS) is 34.3. The Bertz CT molecular complexity index is 757. The van der Waals surface area contributed by atoms with Crippen molar-refractivity contribution in [2.45, 2.75) is 49.7 Å². The molecule has 0 amide bonds. The van der Waals surface area contributed by atoms with E-state index in [9.17, 15) is 15.3 Å². The molecule has 2 aromatic rings. The summed E-state index contributed by atoms with van der Waals surface area (Å²) in [6.07, 6.45) is 0.548. The summed E-state index contributed by atoms with van der Waals surface area (Å²) < 4.78 is 7.16. The number of nitrogens with zero attached hydrogens (tertiary/aromatic N) is 4. The molecule has 1 aliphatic carbocycles. The van der Waals surface area contributed by atoms with Crippen LogP contribution in [0, 0.1) is 0 Å². The molecule has 9 heteroatoms. The SMILES string of the molecule is C[C@@]1(O)C(O)C(CO)OC1n1cnc2c(C3CC3)nc(N)nc21. The predicted octanol–water partition coefficient (Wildman–Crippen LogP) is -0.713. The fourth-order valence-electron chi connectivity index (χ4n) is 3.16. The molecule has 4 rings (SSSR count). The number of aromatic nitrogens is 4. The second-order valence-corrected chi connectivity index (χ2v) is 6.45. The smallest absolute Gasteiger partial charge is 0.222 e. The molecule has 2 aliphatic rings. The standard InChI is InChI=1S/C14H19N5O4/c1-14(22)10(21)7(4-20)23-12(14)19-5-16-9-8(6-2-3-6)17-13(15)18-11(9)19/h5-7,10,12,20-22H,2-4H2,1H3,(H2,15,17,18)/t7?,10?,12?,14-/m1/s1. The maximum Gasteiger partial charge on any atom is 0.222 e. The lowest BCUT2D eigenvalue weighted by molar-refractivity contribution is -0.0950. The number of rotatable bonds is 3. The van der Waals surface area contributed by atoms with Gasteiger partial charge in [-0.2, -0.15) is 4.98 Å². The van der Waals surface area contributed by atoms with Crippen LogP contribution in [0.3, 0.4) is 0 Å². The Morgan fingerprint density at radius 3 is 2.78 bits per heavy atom. The molecule has 5 N–H and O–H groups in total. The Kier molecular flexibility index (Phi) is 3.11. The van der Waals surface area contributed by atoms with Gasteiger partial charge in [0, 0.05) is 5.92 Å². The monoisotopic (exact) mass is 321 g/mol. The molecule has 4 atom stereocenters. The van der Waals surface area contributed by atoms with Crippen molar-refractivity contribution in [2.24, 2.45) is 0 Å². The quantitative estimate of drug-likeness (QED) is 0.581. The molecule has 2 fully saturated rings. The second-order valence-electron chi connectivity index (χ2n) is 6.45. The Balaban J connectivity index is 1.83. The molecule has 3 heterocycles. The van der Waals surface area contributed by atoms with E-state index in [1.807, 2.05) is 0 Å². The molecule has 1 saturated carbocycles. The number of ether oxygens (including phenoxy) is 1. The van der Waals surface area contributed by atoms with Crippen LogP contribution in [-0.2, 0) is 4.74 Å². The Labute approximate surface area is 131 Å². The van der Waals surface area contributed by atoms with E-state index in [1.54, 1.807) is 0 Å². The van der Waals surface area contributed by atoms with Crippen LogP contribution in [0.1, 0.15) is 37.6 Å². The first-order valence-electron chi connectivity index (χ1n) is 7.60. The average Bonchev–Trinajstić information content (AvgIpc) is 3.23. The summed E-state index contributed by atoms with van der Waals surface area (Å²) in [5.41, 5.74) is 6.10. The van der Waals surface area contributed by atoms with Crippen LogP contribution < -0.4 is 5.73 Å². The Morgan fingerprint density at radius 2 is 2.17 bits per heavy atom. The summed E-state index contributed by atoms with van der Waals surface area (Å²) in [5.74, 6) is 0.477. The van der Waals surface area contributed by atoms with Crippen LogP contribution in [0.25, 0.3) is 11.2 Å². The van der Waals surface area contributed by atoms with Crippen molar-refractivity contribution in [3.63, 3.8) is 0 Å². The number of anilines is 1. The molecule has 0 radical (unpaired) electrons. The van der Waals surface area contributed by atoms with Gasteiger partial charge >= 0.3 is 0 Å². The molecular formula is C14H19N5O4. The highest BCUT2D eigenvalue weighted by Gasteiger charge is 2.53. The average molecular weight is 321 g/mol. The minimum atomic E-state index is -1.60. The third-order valence-corrected chi connectivity index (χ3v) is 4.62. The lowest BCUT2D eigenvalue weighted by Gasteiger charge is -2.27. The van der Waals surface area contributed by atoms with Gasteiger partial charge in [0.05, 0.1) is 18.6 Å². The minimum Gasteiger partial charge on any atom is -0.394 e. The summed E-state index contributed by atoms with van der Waals surface area (Å²) in [7, 11) is 0. The molecule has 9 nitrogen and oxygen atoms in total. The van der Waals surface area contributed by atoms with Crippen molar-refractivity contribution in [1.82, 2.24) is 19.5 Å². The van der Waals surface area contributed by atoms with E-state index in [4.69, 9.17) is 10.5 Å². The topological polar surface area (TPSA) is 140 Å². The van der Waals surface area contributed by atoms with Crippen LogP contribution in [0.5, 0.6) is 0 Å². The maximum atomic E-state index is 10.6. The highest BCUT2D eigenvalue weighted by Crippen LogP contribution is 2.43. The number of aliphatic hydroxyl groups excluding tert-OH is 2. The predicted molar refractivity (Wildman–Crippen MR) is 79.3 cm³/mol. The van der Waals surface area contributed by atoms with Gasteiger partial charge in [-0.15, -0.1) is 0 Å². The third kappa shape index (κ3) is 2.12. The number of fused-ring (bicyclic) bond motifs is 1. The lowest BCUT2D eigenvalue weighted by atomic mass is 9.96. The summed E-state index contributed by atoms with van der Waals surface area (Å²) in [6.45, 7) is 1.06. The molecular weight excluding hydrogens is 302 g/mol. The van der Waals surface area contributed by atoms with Crippen molar-refractivity contribution in [1.29, 1.82) is 0 Å². The van der Waals surface area contributed by atoms with Gasteiger partial charge in [-0.3, -0.25) is 4.57 Å². The van der Waals surface area contributed by atoms with Crippen LogP contribution >= 0.6 is 0 Å². The molecule has 23 heavy (non-hydrogen) atoms. The van der Waals surface area contributed by atoms with Crippen molar-refractivity contribution in [3.8, 4) is 0 Å². The molecule has 0 bridgehead atoms. The van der Waals surface area contributed by atoms with E-state index in [-0.39, 0.29) is 5.95 Å². The fourth-order valence-corrected chi connectivity index (χ4v) is 3.16. The van der Waals surface area contributed by atoms with Crippen LogP contribution in [0.15, 0.2) is 6.33 Å². The van der Waals surface area contributed by atoms with Crippen LogP contribution in [-0.4, -0.2) is 59.3 Å². The lowest BCUT2D eigenvalue weighted by Crippen LogP contribution is -2.44. The van der Waals surface area contributed by atoms with Gasteiger partial charge in [0.15, 0.2) is 11.9 Å². The van der Waals surface area contributed by atoms with Gasteiger partial charge in [-0.05, 0) is 19.8 Å². The van der Waals surface area contributed by atoms with Gasteiger partial charge in [0.1, 0.15) is 23.3 Å². The minimum absolute atomic E-state index is 0.137. The molecule has 0 spiro atoms. The second kappa shape index (κ2) is 4.84. The molecule has 0 aromatic carbocycles. The van der Waals surface area contributed by atoms with Gasteiger partial charge in [0.25, 0.3) is 0 Å². The van der Waals surface area contributed by atoms with Gasteiger partial charge < -0.3 is 25.8 Å². The summed E-state index contributed by atoms with van der Waals surface area (Å²) in [5, 5.41) is 30.0. The van der Waals surface area contributed by atoms with Crippen molar-refractivity contribution < 1.29 is 20.1 Å². The summed E-state index contributed by atoms with van der Waals surface area (Å²) in [4.78, 5) is 12.9. The van der Waals surface area contributed by atoms with Crippen LogP contribution in [0.2, 0.25) is 0 Å². The summed E-state index contributed by atoms with van der Waals surface area (Å²) >= 11 is 0. The van der Waals surface area contributed by atoms with Crippen molar-refractivity contribution in [2.75, 3.05) is 12.3 Å². The van der Waals surface area contributed by atoms with E-state index in [2.05, 4.69) is 15.0 Å². The molecule has 2 aromatic heterocycles. The van der Waals surface area contributed by atoms with E-state index in [0.29, 0.717) is 17.1 Å². The zero-order valence-corrected chi connectivity index (χ0v) is 12.6.